The third-order valence-corrected chi connectivity index (χ3v) is 4.59. The molecule has 3 aromatic rings. The number of rotatable bonds is 9. The van der Waals surface area contributed by atoms with E-state index < -0.39 is 5.92 Å². The number of ketones is 1. The smallest absolute Gasteiger partial charge is 0.305 e. The predicted octanol–water partition coefficient (Wildman–Crippen LogP) is 4.58. The van der Waals surface area contributed by atoms with Crippen molar-refractivity contribution in [3.63, 3.8) is 0 Å². The summed E-state index contributed by atoms with van der Waals surface area (Å²) in [4.78, 5) is 29.2. The van der Waals surface area contributed by atoms with Gasteiger partial charge in [-0.1, -0.05) is 48.5 Å². The monoisotopic (exact) mass is 389 g/mol. The van der Waals surface area contributed by atoms with Crippen LogP contribution in [0.25, 0.3) is 0 Å². The van der Waals surface area contributed by atoms with E-state index in [2.05, 4.69) is 4.98 Å². The maximum absolute atomic E-state index is 13.2. The van der Waals surface area contributed by atoms with Crippen LogP contribution >= 0.6 is 0 Å². The largest absolute Gasteiger partial charge is 0.489 e. The number of carbonyl (C=O) groups excluding carboxylic acids is 2. The molecule has 29 heavy (non-hydrogen) atoms. The van der Waals surface area contributed by atoms with Crippen molar-refractivity contribution in [1.82, 2.24) is 4.98 Å². The average Bonchev–Trinajstić information content (AvgIpc) is 2.79. The minimum Gasteiger partial charge on any atom is -0.489 e. The fourth-order valence-corrected chi connectivity index (χ4v) is 3.04. The number of hydrogen-bond acceptors (Lipinski definition) is 5. The van der Waals surface area contributed by atoms with Crippen LogP contribution in [-0.4, -0.2) is 23.8 Å². The molecule has 0 saturated carbocycles. The van der Waals surface area contributed by atoms with Gasteiger partial charge in [-0.2, -0.15) is 0 Å². The zero-order chi connectivity index (χ0) is 20.5. The summed E-state index contributed by atoms with van der Waals surface area (Å²) in [5.41, 5.74) is 2.21. The molecular formula is C24H23NO4. The lowest BCUT2D eigenvalue weighted by Gasteiger charge is -2.16. The van der Waals surface area contributed by atoms with Gasteiger partial charge in [-0.3, -0.25) is 14.6 Å². The summed E-state index contributed by atoms with van der Waals surface area (Å²) in [5.74, 6) is -0.358. The highest BCUT2D eigenvalue weighted by molar-refractivity contribution is 6.01. The Morgan fingerprint density at radius 1 is 0.966 bits per heavy atom. The van der Waals surface area contributed by atoms with Gasteiger partial charge in [0, 0.05) is 18.2 Å². The molecule has 1 aromatic heterocycles. The Balaban J connectivity index is 1.77. The zero-order valence-electron chi connectivity index (χ0n) is 16.3. The van der Waals surface area contributed by atoms with Crippen molar-refractivity contribution in [2.75, 3.05) is 7.11 Å². The van der Waals surface area contributed by atoms with Crippen LogP contribution in [-0.2, 0) is 16.1 Å². The van der Waals surface area contributed by atoms with E-state index in [1.807, 2.05) is 42.5 Å². The first kappa shape index (κ1) is 20.3. The quantitative estimate of drug-likeness (QED) is 0.396. The Kier molecular flexibility index (Phi) is 7.11. The minimum absolute atomic E-state index is 0.0993. The maximum Gasteiger partial charge on any atom is 0.305 e. The number of carbonyl (C=O) groups is 2. The maximum atomic E-state index is 13.2. The van der Waals surface area contributed by atoms with Crippen LogP contribution in [0, 0.1) is 0 Å². The summed E-state index contributed by atoms with van der Waals surface area (Å²) in [7, 11) is 1.34. The Labute approximate surface area is 170 Å². The highest BCUT2D eigenvalue weighted by Crippen LogP contribution is 2.26. The summed E-state index contributed by atoms with van der Waals surface area (Å²) in [6, 6.07) is 22.4. The van der Waals surface area contributed by atoms with Crippen LogP contribution in [0.1, 0.15) is 40.4 Å². The van der Waals surface area contributed by atoms with Crippen molar-refractivity contribution < 1.29 is 19.1 Å². The van der Waals surface area contributed by atoms with Crippen molar-refractivity contribution >= 4 is 11.8 Å². The second kappa shape index (κ2) is 10.2. The van der Waals surface area contributed by atoms with Gasteiger partial charge in [0.1, 0.15) is 12.4 Å². The van der Waals surface area contributed by atoms with Gasteiger partial charge in [0.15, 0.2) is 5.78 Å². The second-order valence-corrected chi connectivity index (χ2v) is 6.59. The van der Waals surface area contributed by atoms with Gasteiger partial charge in [0.2, 0.25) is 0 Å². The fraction of sp³-hybridized carbons (Fsp3) is 0.208. The number of esters is 1. The molecule has 0 spiro atoms. The molecule has 0 fully saturated rings. The third-order valence-electron chi connectivity index (χ3n) is 4.59. The molecule has 0 radical (unpaired) electrons. The average molecular weight is 389 g/mol. The molecule has 1 atom stereocenters. The SMILES string of the molecule is COC(=O)CCC(C(=O)c1cccc(OCc2ccccc2)c1)c1ccccn1. The lowest BCUT2D eigenvalue weighted by Crippen LogP contribution is -2.16. The van der Waals surface area contributed by atoms with Crippen LogP contribution in [0.5, 0.6) is 5.75 Å². The number of nitrogens with zero attached hydrogens (tertiary/aromatic N) is 1. The molecule has 2 aromatic carbocycles. The summed E-state index contributed by atoms with van der Waals surface area (Å²) in [6.45, 7) is 0.421. The summed E-state index contributed by atoms with van der Waals surface area (Å²) < 4.78 is 10.6. The van der Waals surface area contributed by atoms with Crippen molar-refractivity contribution in [2.24, 2.45) is 0 Å². The topological polar surface area (TPSA) is 65.5 Å². The van der Waals surface area contributed by atoms with Crippen LogP contribution in [0.2, 0.25) is 0 Å². The molecule has 3 rings (SSSR count). The standard InChI is InChI=1S/C24H23NO4/c1-28-23(26)14-13-21(22-12-5-6-15-25-22)24(27)19-10-7-11-20(16-19)29-17-18-8-3-2-4-9-18/h2-12,15-16,21H,13-14,17H2,1H3. The van der Waals surface area contributed by atoms with E-state index in [1.54, 1.807) is 36.5 Å². The normalized spacial score (nSPS) is 11.5. The first-order chi connectivity index (χ1) is 14.2. The molecule has 1 heterocycles. The van der Waals surface area contributed by atoms with E-state index in [9.17, 15) is 9.59 Å². The van der Waals surface area contributed by atoms with Crippen molar-refractivity contribution in [3.05, 3.63) is 95.8 Å². The molecular weight excluding hydrogens is 366 g/mol. The van der Waals surface area contributed by atoms with Crippen LogP contribution < -0.4 is 4.74 Å². The van der Waals surface area contributed by atoms with Crippen molar-refractivity contribution in [3.8, 4) is 5.75 Å². The fourth-order valence-electron chi connectivity index (χ4n) is 3.04. The van der Waals surface area contributed by atoms with Crippen LogP contribution in [0.4, 0.5) is 0 Å². The number of methoxy groups -OCH3 is 1. The highest BCUT2D eigenvalue weighted by atomic mass is 16.5. The van der Waals surface area contributed by atoms with E-state index in [0.717, 1.165) is 5.56 Å². The van der Waals surface area contributed by atoms with E-state index in [-0.39, 0.29) is 18.2 Å². The summed E-state index contributed by atoms with van der Waals surface area (Å²) in [6.07, 6.45) is 2.12. The lowest BCUT2D eigenvalue weighted by molar-refractivity contribution is -0.140. The van der Waals surface area contributed by atoms with E-state index in [4.69, 9.17) is 9.47 Å². The Bertz CT molecular complexity index is 941. The summed E-state index contributed by atoms with van der Waals surface area (Å²) in [5, 5.41) is 0. The molecule has 148 valence electrons. The molecule has 5 nitrogen and oxygen atoms in total. The van der Waals surface area contributed by atoms with E-state index in [1.165, 1.54) is 7.11 Å². The predicted molar refractivity (Wildman–Crippen MR) is 110 cm³/mol. The van der Waals surface area contributed by atoms with Gasteiger partial charge in [-0.25, -0.2) is 0 Å². The van der Waals surface area contributed by atoms with Crippen LogP contribution in [0.15, 0.2) is 79.0 Å². The highest BCUT2D eigenvalue weighted by Gasteiger charge is 2.24. The van der Waals surface area contributed by atoms with Gasteiger partial charge in [0.25, 0.3) is 0 Å². The minimum atomic E-state index is -0.528. The molecule has 0 N–H and O–H groups in total. The number of benzene rings is 2. The molecule has 0 saturated heterocycles. The Hall–Kier alpha value is -3.47. The molecule has 1 unspecified atom stereocenters. The van der Waals surface area contributed by atoms with Gasteiger partial charge >= 0.3 is 5.97 Å². The first-order valence-corrected chi connectivity index (χ1v) is 9.46. The van der Waals surface area contributed by atoms with Crippen molar-refractivity contribution in [2.45, 2.75) is 25.4 Å². The van der Waals surface area contributed by atoms with Gasteiger partial charge in [-0.15, -0.1) is 0 Å². The molecule has 0 aliphatic heterocycles. The third kappa shape index (κ3) is 5.75. The van der Waals surface area contributed by atoms with Crippen LogP contribution in [0.3, 0.4) is 0 Å². The number of ether oxygens (including phenoxy) is 2. The molecule has 0 amide bonds. The number of pyridine rings is 1. The molecule has 0 bridgehead atoms. The van der Waals surface area contributed by atoms with E-state index >= 15 is 0 Å². The van der Waals surface area contributed by atoms with Gasteiger partial charge in [-0.05, 0) is 36.2 Å². The Morgan fingerprint density at radius 2 is 1.76 bits per heavy atom. The van der Waals surface area contributed by atoms with Crippen molar-refractivity contribution in [1.29, 1.82) is 0 Å². The number of hydrogen-bond donors (Lipinski definition) is 0. The first-order valence-electron chi connectivity index (χ1n) is 9.46. The summed E-state index contributed by atoms with van der Waals surface area (Å²) >= 11 is 0. The zero-order valence-corrected chi connectivity index (χ0v) is 16.3. The molecule has 0 aliphatic rings. The van der Waals surface area contributed by atoms with Gasteiger partial charge in [0.05, 0.1) is 18.7 Å². The lowest BCUT2D eigenvalue weighted by atomic mass is 9.90. The second-order valence-electron chi connectivity index (χ2n) is 6.59. The van der Waals surface area contributed by atoms with E-state index in [0.29, 0.717) is 30.0 Å². The number of Topliss-reactive ketones (excluding diaryl/α,β-unsaturated/α-hetero) is 1. The number of aromatic nitrogens is 1. The molecule has 5 heteroatoms. The Morgan fingerprint density at radius 3 is 2.48 bits per heavy atom. The molecule has 0 aliphatic carbocycles. The van der Waals surface area contributed by atoms with Gasteiger partial charge < -0.3 is 9.47 Å².